The Labute approximate surface area is 173 Å². The van der Waals surface area contributed by atoms with Crippen LogP contribution in [0.15, 0.2) is 48.8 Å². The molecule has 12 heteroatoms. The number of fused-ring (bicyclic) bond motifs is 1. The third kappa shape index (κ3) is 5.09. The standard InChI is InChI=1S/C19H15F3N4O5/c20-19(21,22)31-14-4-2-13(3-5-14)16-6-1-12(7-23-16)10-29-15-8-25-9-17(26(27)28)24-18(25)30-11-15/h1-7,9,15H,8,10-11H2/t15-/m1/s1. The molecule has 3 heterocycles. The zero-order valence-electron chi connectivity index (χ0n) is 15.8. The quantitative estimate of drug-likeness (QED) is 0.429. The van der Waals surface area contributed by atoms with Gasteiger partial charge in [0.1, 0.15) is 24.7 Å². The van der Waals surface area contributed by atoms with E-state index in [1.807, 2.05) is 0 Å². The molecule has 0 unspecified atom stereocenters. The molecule has 0 bridgehead atoms. The number of alkyl halides is 3. The van der Waals surface area contributed by atoms with Crippen LogP contribution in [0.3, 0.4) is 0 Å². The first-order chi connectivity index (χ1) is 14.8. The van der Waals surface area contributed by atoms with Gasteiger partial charge >= 0.3 is 18.2 Å². The smallest absolute Gasteiger partial charge is 0.443 e. The first kappa shape index (κ1) is 20.6. The summed E-state index contributed by atoms with van der Waals surface area (Å²) in [6, 6.07) is 9.12. The predicted molar refractivity (Wildman–Crippen MR) is 99.3 cm³/mol. The predicted octanol–water partition coefficient (Wildman–Crippen LogP) is 3.73. The van der Waals surface area contributed by atoms with Crippen LogP contribution < -0.4 is 9.47 Å². The van der Waals surface area contributed by atoms with Crippen LogP contribution >= 0.6 is 0 Å². The molecule has 0 saturated carbocycles. The molecule has 1 aromatic carbocycles. The van der Waals surface area contributed by atoms with Crippen molar-refractivity contribution in [2.45, 2.75) is 25.6 Å². The van der Waals surface area contributed by atoms with Gasteiger partial charge in [-0.15, -0.1) is 13.2 Å². The molecule has 2 aromatic heterocycles. The minimum absolute atomic E-state index is 0.184. The van der Waals surface area contributed by atoms with E-state index in [1.165, 1.54) is 35.0 Å². The van der Waals surface area contributed by atoms with E-state index < -0.39 is 11.3 Å². The number of halogens is 3. The third-order valence-electron chi connectivity index (χ3n) is 4.41. The Kier molecular flexibility index (Phi) is 5.46. The maximum absolute atomic E-state index is 12.2. The SMILES string of the molecule is O=[N+]([O-])c1cn2c(n1)OC[C@H](OCc1ccc(-c3ccc(OC(F)(F)F)cc3)nc1)C2. The van der Waals surface area contributed by atoms with Crippen LogP contribution in [0, 0.1) is 10.1 Å². The Balaban J connectivity index is 1.33. The highest BCUT2D eigenvalue weighted by molar-refractivity contribution is 5.60. The fourth-order valence-corrected chi connectivity index (χ4v) is 2.98. The highest BCUT2D eigenvalue weighted by Gasteiger charge is 2.31. The van der Waals surface area contributed by atoms with Crippen LogP contribution in [0.2, 0.25) is 0 Å². The number of hydrogen-bond acceptors (Lipinski definition) is 7. The van der Waals surface area contributed by atoms with E-state index in [0.717, 1.165) is 5.56 Å². The van der Waals surface area contributed by atoms with Crippen molar-refractivity contribution in [3.05, 3.63) is 64.5 Å². The molecule has 9 nitrogen and oxygen atoms in total. The molecule has 162 valence electrons. The van der Waals surface area contributed by atoms with Crippen LogP contribution in [-0.2, 0) is 17.9 Å². The lowest BCUT2D eigenvalue weighted by Crippen LogP contribution is -2.32. The average Bonchev–Trinajstić information content (AvgIpc) is 3.16. The van der Waals surface area contributed by atoms with Gasteiger partial charge in [0.05, 0.1) is 18.8 Å². The molecular weight excluding hydrogens is 421 g/mol. The number of pyridine rings is 1. The summed E-state index contributed by atoms with van der Waals surface area (Å²) in [5.41, 5.74) is 2.00. The first-order valence-corrected chi connectivity index (χ1v) is 9.04. The van der Waals surface area contributed by atoms with Gasteiger partial charge in [0.15, 0.2) is 0 Å². The van der Waals surface area contributed by atoms with Crippen molar-refractivity contribution >= 4 is 5.82 Å². The Morgan fingerprint density at radius 2 is 2.00 bits per heavy atom. The van der Waals surface area contributed by atoms with E-state index in [4.69, 9.17) is 9.47 Å². The van der Waals surface area contributed by atoms with E-state index in [1.54, 1.807) is 18.3 Å². The summed E-state index contributed by atoms with van der Waals surface area (Å²) in [6.45, 7) is 0.825. The maximum atomic E-state index is 12.2. The molecule has 0 aliphatic carbocycles. The van der Waals surface area contributed by atoms with Gasteiger partial charge in [-0.1, -0.05) is 6.07 Å². The van der Waals surface area contributed by atoms with Gasteiger partial charge in [-0.2, -0.15) is 0 Å². The second kappa shape index (κ2) is 8.22. The summed E-state index contributed by atoms with van der Waals surface area (Å²) in [7, 11) is 0. The fraction of sp³-hybridized carbons (Fsp3) is 0.263. The number of benzene rings is 1. The number of hydrogen-bond donors (Lipinski definition) is 0. The summed E-state index contributed by atoms with van der Waals surface area (Å²) < 4.78 is 53.3. The van der Waals surface area contributed by atoms with Crippen molar-refractivity contribution in [3.8, 4) is 23.0 Å². The van der Waals surface area contributed by atoms with Gasteiger partial charge in [0.2, 0.25) is 0 Å². The molecular formula is C19H15F3N4O5. The van der Waals surface area contributed by atoms with E-state index >= 15 is 0 Å². The van der Waals surface area contributed by atoms with Crippen molar-refractivity contribution in [1.29, 1.82) is 0 Å². The fourth-order valence-electron chi connectivity index (χ4n) is 2.98. The van der Waals surface area contributed by atoms with Crippen molar-refractivity contribution in [1.82, 2.24) is 14.5 Å². The Bertz CT molecular complexity index is 1070. The minimum Gasteiger partial charge on any atom is -0.443 e. The van der Waals surface area contributed by atoms with E-state index in [-0.39, 0.29) is 36.9 Å². The molecule has 31 heavy (non-hydrogen) atoms. The monoisotopic (exact) mass is 436 g/mol. The van der Waals surface area contributed by atoms with Crippen LogP contribution in [0.25, 0.3) is 11.3 Å². The summed E-state index contributed by atoms with van der Waals surface area (Å²) in [5.74, 6) is -0.587. The van der Waals surface area contributed by atoms with Gasteiger partial charge in [-0.05, 0) is 40.8 Å². The van der Waals surface area contributed by atoms with Crippen molar-refractivity contribution < 1.29 is 32.3 Å². The Hall–Kier alpha value is -3.67. The van der Waals surface area contributed by atoms with Crippen molar-refractivity contribution in [2.75, 3.05) is 6.61 Å². The Morgan fingerprint density at radius 3 is 2.65 bits per heavy atom. The number of rotatable bonds is 6. The van der Waals surface area contributed by atoms with Crippen molar-refractivity contribution in [2.24, 2.45) is 0 Å². The molecule has 3 aromatic rings. The molecule has 0 radical (unpaired) electrons. The molecule has 1 aliphatic heterocycles. The minimum atomic E-state index is -4.74. The molecule has 4 rings (SSSR count). The normalized spacial score (nSPS) is 15.8. The number of aromatic nitrogens is 3. The highest BCUT2D eigenvalue weighted by Crippen LogP contribution is 2.26. The number of nitro groups is 1. The molecule has 0 fully saturated rings. The number of ether oxygens (including phenoxy) is 3. The molecule has 0 spiro atoms. The molecule has 0 saturated heterocycles. The van der Waals surface area contributed by atoms with Gasteiger partial charge in [0.25, 0.3) is 0 Å². The second-order valence-electron chi connectivity index (χ2n) is 6.66. The van der Waals surface area contributed by atoms with Crippen LogP contribution in [0.5, 0.6) is 11.8 Å². The van der Waals surface area contributed by atoms with E-state index in [0.29, 0.717) is 17.8 Å². The van der Waals surface area contributed by atoms with Crippen LogP contribution in [-0.4, -0.2) is 38.5 Å². The zero-order valence-corrected chi connectivity index (χ0v) is 15.8. The molecule has 0 amide bonds. The number of imidazole rings is 1. The van der Waals surface area contributed by atoms with Gasteiger partial charge < -0.3 is 24.3 Å². The lowest BCUT2D eigenvalue weighted by atomic mass is 10.1. The average molecular weight is 436 g/mol. The summed E-state index contributed by atoms with van der Waals surface area (Å²) >= 11 is 0. The lowest BCUT2D eigenvalue weighted by molar-refractivity contribution is -0.389. The highest BCUT2D eigenvalue weighted by atomic mass is 19.4. The van der Waals surface area contributed by atoms with E-state index in [2.05, 4.69) is 14.7 Å². The maximum Gasteiger partial charge on any atom is 0.573 e. The Morgan fingerprint density at radius 1 is 1.23 bits per heavy atom. The van der Waals surface area contributed by atoms with Crippen LogP contribution in [0.4, 0.5) is 19.0 Å². The summed E-state index contributed by atoms with van der Waals surface area (Å²) in [4.78, 5) is 18.3. The molecule has 1 aliphatic rings. The lowest BCUT2D eigenvalue weighted by Gasteiger charge is -2.22. The largest absolute Gasteiger partial charge is 0.573 e. The van der Waals surface area contributed by atoms with Gasteiger partial charge in [-0.3, -0.25) is 9.55 Å². The second-order valence-corrected chi connectivity index (χ2v) is 6.66. The number of nitrogens with zero attached hydrogens (tertiary/aromatic N) is 4. The van der Waals surface area contributed by atoms with Gasteiger partial charge in [-0.25, -0.2) is 0 Å². The summed E-state index contributed by atoms with van der Waals surface area (Å²) in [5, 5.41) is 10.8. The molecule has 0 N–H and O–H groups in total. The first-order valence-electron chi connectivity index (χ1n) is 9.04. The third-order valence-corrected chi connectivity index (χ3v) is 4.41. The van der Waals surface area contributed by atoms with Gasteiger partial charge in [0, 0.05) is 16.7 Å². The molecule has 1 atom stereocenters. The van der Waals surface area contributed by atoms with Crippen molar-refractivity contribution in [3.63, 3.8) is 0 Å². The topological polar surface area (TPSA) is 102 Å². The van der Waals surface area contributed by atoms with E-state index in [9.17, 15) is 23.3 Å². The summed E-state index contributed by atoms with van der Waals surface area (Å²) in [6.07, 6.45) is -2.15. The zero-order chi connectivity index (χ0) is 22.0. The van der Waals surface area contributed by atoms with Crippen LogP contribution in [0.1, 0.15) is 5.56 Å².